The number of carbonyl (C=O) groups is 3. The number of ether oxygens (including phenoxy) is 1. The lowest BCUT2D eigenvalue weighted by Gasteiger charge is -2.32. The Bertz CT molecular complexity index is 669. The summed E-state index contributed by atoms with van der Waals surface area (Å²) in [5.74, 6) is -1.91. The van der Waals surface area contributed by atoms with Crippen LogP contribution in [0.1, 0.15) is 47.9 Å². The molecule has 8 nitrogen and oxygen atoms in total. The number of hydrogen-bond donors (Lipinski definition) is 2. The Balaban J connectivity index is 1.86. The summed E-state index contributed by atoms with van der Waals surface area (Å²) in [6, 6.07) is 6.40. The fourth-order valence-electron chi connectivity index (χ4n) is 2.53. The maximum absolute atomic E-state index is 12.6. The smallest absolute Gasteiger partial charge is 0.358 e. The van der Waals surface area contributed by atoms with Crippen LogP contribution in [0.15, 0.2) is 24.3 Å². The van der Waals surface area contributed by atoms with Crippen LogP contribution < -0.4 is 10.9 Å². The summed E-state index contributed by atoms with van der Waals surface area (Å²) < 4.78 is 5.37. The van der Waals surface area contributed by atoms with E-state index in [1.54, 1.807) is 45.0 Å². The van der Waals surface area contributed by atoms with Gasteiger partial charge >= 0.3 is 5.97 Å². The van der Waals surface area contributed by atoms with Gasteiger partial charge in [0.25, 0.3) is 17.5 Å². The fraction of sp³-hybridized carbons (Fsp3) is 0.438. The number of hydrogen-bond acceptors (Lipinski definition) is 7. The van der Waals surface area contributed by atoms with Gasteiger partial charge in [0, 0.05) is 13.0 Å². The molecule has 0 bridgehead atoms. The van der Waals surface area contributed by atoms with Gasteiger partial charge in [0.1, 0.15) is 5.60 Å². The first-order valence-electron chi connectivity index (χ1n) is 7.64. The molecule has 0 radical (unpaired) electrons. The number of nitrogens with zero attached hydrogens (tertiary/aromatic N) is 1. The third-order valence-corrected chi connectivity index (χ3v) is 3.62. The second-order valence-corrected chi connectivity index (χ2v) is 6.67. The molecule has 1 atom stereocenters. The number of nitrogens with one attached hydrogen (secondary N) is 2. The van der Waals surface area contributed by atoms with Gasteiger partial charge in [0.15, 0.2) is 0 Å². The lowest BCUT2D eigenvalue weighted by atomic mass is 10.1. The molecule has 1 unspecified atom stereocenters. The molecule has 128 valence electrons. The number of carbonyl (C=O) groups excluding carboxylic acids is 3. The third kappa shape index (κ3) is 2.79. The minimum absolute atomic E-state index is 0.204. The third-order valence-electron chi connectivity index (χ3n) is 3.62. The minimum Gasteiger partial charge on any atom is -0.457 e. The maximum atomic E-state index is 12.6. The van der Waals surface area contributed by atoms with E-state index in [0.29, 0.717) is 11.6 Å². The molecule has 1 aromatic carbocycles. The van der Waals surface area contributed by atoms with Crippen LogP contribution in [0.3, 0.4) is 0 Å². The molecule has 0 aliphatic carbocycles. The zero-order valence-corrected chi connectivity index (χ0v) is 13.7. The Kier molecular flexibility index (Phi) is 3.90. The highest BCUT2D eigenvalue weighted by molar-refractivity contribution is 6.20. The highest BCUT2D eigenvalue weighted by atomic mass is 16.7. The van der Waals surface area contributed by atoms with Gasteiger partial charge < -0.3 is 4.74 Å². The number of imide groups is 1. The average Bonchev–Trinajstić information content (AvgIpc) is 3.07. The Morgan fingerprint density at radius 1 is 1.17 bits per heavy atom. The molecule has 2 aliphatic heterocycles. The lowest BCUT2D eigenvalue weighted by Crippen LogP contribution is -2.58. The SMILES string of the molecule is CC(C)(C)OC(=O)C1(ON2C(=O)c3ccccc3C2=O)CCNN1. The quantitative estimate of drug-likeness (QED) is 0.622. The van der Waals surface area contributed by atoms with E-state index in [4.69, 9.17) is 9.57 Å². The fourth-order valence-corrected chi connectivity index (χ4v) is 2.53. The Morgan fingerprint density at radius 2 is 1.75 bits per heavy atom. The molecule has 8 heteroatoms. The largest absolute Gasteiger partial charge is 0.457 e. The van der Waals surface area contributed by atoms with E-state index in [0.717, 1.165) is 0 Å². The van der Waals surface area contributed by atoms with Gasteiger partial charge in [-0.05, 0) is 32.9 Å². The van der Waals surface area contributed by atoms with E-state index in [1.807, 2.05) is 0 Å². The Labute approximate surface area is 139 Å². The van der Waals surface area contributed by atoms with Gasteiger partial charge in [-0.15, -0.1) is 5.06 Å². The molecule has 1 saturated heterocycles. The average molecular weight is 333 g/mol. The van der Waals surface area contributed by atoms with Gasteiger partial charge in [-0.3, -0.25) is 15.0 Å². The van der Waals surface area contributed by atoms with E-state index in [1.165, 1.54) is 0 Å². The number of rotatable bonds is 3. The summed E-state index contributed by atoms with van der Waals surface area (Å²) in [5, 5.41) is 0.620. The number of benzene rings is 1. The molecule has 2 N–H and O–H groups in total. The highest BCUT2D eigenvalue weighted by Crippen LogP contribution is 2.29. The first-order chi connectivity index (χ1) is 11.2. The summed E-state index contributed by atoms with van der Waals surface area (Å²) in [7, 11) is 0. The summed E-state index contributed by atoms with van der Waals surface area (Å²) in [6.07, 6.45) is 0.204. The number of esters is 1. The summed E-state index contributed by atoms with van der Waals surface area (Å²) in [5.41, 5.74) is 3.59. The van der Waals surface area contributed by atoms with Crippen LogP contribution in [-0.4, -0.2) is 40.7 Å². The van der Waals surface area contributed by atoms with Crippen molar-refractivity contribution in [2.75, 3.05) is 6.54 Å². The van der Waals surface area contributed by atoms with Crippen molar-refractivity contribution in [2.24, 2.45) is 0 Å². The standard InChI is InChI=1S/C16H19N3O5/c1-15(2,3)23-14(22)16(8-9-17-18-16)24-19-12(20)10-6-4-5-7-11(10)13(19)21/h4-7,17-18H,8-9H2,1-3H3. The van der Waals surface area contributed by atoms with Gasteiger partial charge in [-0.25, -0.2) is 15.1 Å². The molecule has 2 aliphatic rings. The predicted octanol–water partition coefficient (Wildman–Crippen LogP) is 0.750. The molecule has 3 rings (SSSR count). The van der Waals surface area contributed by atoms with Crippen molar-refractivity contribution in [3.63, 3.8) is 0 Å². The minimum atomic E-state index is -1.64. The van der Waals surface area contributed by atoms with Crippen molar-refractivity contribution in [1.82, 2.24) is 15.9 Å². The second-order valence-electron chi connectivity index (χ2n) is 6.67. The van der Waals surface area contributed by atoms with Crippen LogP contribution in [-0.2, 0) is 14.4 Å². The second kappa shape index (κ2) is 5.66. The molecule has 0 saturated carbocycles. The normalized spacial score (nSPS) is 23.5. The Hall–Kier alpha value is -2.29. The van der Waals surface area contributed by atoms with E-state index >= 15 is 0 Å². The van der Waals surface area contributed by atoms with E-state index < -0.39 is 29.1 Å². The van der Waals surface area contributed by atoms with Crippen LogP contribution in [0.25, 0.3) is 0 Å². The highest BCUT2D eigenvalue weighted by Gasteiger charge is 2.51. The lowest BCUT2D eigenvalue weighted by molar-refractivity contribution is -0.226. The van der Waals surface area contributed by atoms with Crippen LogP contribution in [0.4, 0.5) is 0 Å². The summed E-state index contributed by atoms with van der Waals surface area (Å²) in [4.78, 5) is 43.0. The van der Waals surface area contributed by atoms with Crippen LogP contribution in [0.2, 0.25) is 0 Å². The van der Waals surface area contributed by atoms with Crippen molar-refractivity contribution in [3.8, 4) is 0 Å². The molecule has 0 aromatic heterocycles. The van der Waals surface area contributed by atoms with Gasteiger partial charge in [-0.2, -0.15) is 0 Å². The van der Waals surface area contributed by atoms with E-state index in [2.05, 4.69) is 10.9 Å². The van der Waals surface area contributed by atoms with Crippen molar-refractivity contribution < 1.29 is 24.0 Å². The molecule has 2 heterocycles. The van der Waals surface area contributed by atoms with Crippen molar-refractivity contribution in [2.45, 2.75) is 38.5 Å². The van der Waals surface area contributed by atoms with Crippen molar-refractivity contribution >= 4 is 17.8 Å². The summed E-state index contributed by atoms with van der Waals surface area (Å²) in [6.45, 7) is 5.59. The number of amides is 2. The van der Waals surface area contributed by atoms with Crippen LogP contribution in [0.5, 0.6) is 0 Å². The molecular weight excluding hydrogens is 314 g/mol. The van der Waals surface area contributed by atoms with Gasteiger partial charge in [-0.1, -0.05) is 12.1 Å². The molecular formula is C16H19N3O5. The Morgan fingerprint density at radius 3 is 2.21 bits per heavy atom. The van der Waals surface area contributed by atoms with Crippen molar-refractivity contribution in [1.29, 1.82) is 0 Å². The van der Waals surface area contributed by atoms with E-state index in [9.17, 15) is 14.4 Å². The topological polar surface area (TPSA) is 97.0 Å². The van der Waals surface area contributed by atoms with E-state index in [-0.39, 0.29) is 17.5 Å². The summed E-state index contributed by atoms with van der Waals surface area (Å²) >= 11 is 0. The molecule has 24 heavy (non-hydrogen) atoms. The maximum Gasteiger partial charge on any atom is 0.358 e. The van der Waals surface area contributed by atoms with Crippen molar-refractivity contribution in [3.05, 3.63) is 35.4 Å². The predicted molar refractivity (Wildman–Crippen MR) is 82.4 cm³/mol. The molecule has 1 fully saturated rings. The molecule has 1 aromatic rings. The molecule has 0 spiro atoms. The zero-order valence-electron chi connectivity index (χ0n) is 13.7. The first-order valence-corrected chi connectivity index (χ1v) is 7.64. The first kappa shape index (κ1) is 16.6. The van der Waals surface area contributed by atoms with Crippen LogP contribution >= 0.6 is 0 Å². The number of hydrazine groups is 1. The van der Waals surface area contributed by atoms with Crippen LogP contribution in [0, 0.1) is 0 Å². The van der Waals surface area contributed by atoms with Gasteiger partial charge in [0.2, 0.25) is 0 Å². The zero-order chi connectivity index (χ0) is 17.5. The monoisotopic (exact) mass is 333 g/mol. The van der Waals surface area contributed by atoms with Gasteiger partial charge in [0.05, 0.1) is 11.1 Å². The number of hydroxylamine groups is 2. The number of fused-ring (bicyclic) bond motifs is 1. The molecule has 2 amide bonds.